The molecule has 4 atom stereocenters. The Kier molecular flexibility index (Phi) is 11.7. The molecule has 3 aromatic rings. The van der Waals surface area contributed by atoms with Crippen molar-refractivity contribution in [3.05, 3.63) is 83.4 Å². The number of aliphatic hydroxyl groups excluding tert-OH is 1. The predicted octanol–water partition coefficient (Wildman–Crippen LogP) is 5.60. The summed E-state index contributed by atoms with van der Waals surface area (Å²) in [6.07, 6.45) is 2.29. The number of nitrogens with zero attached hydrogens (tertiary/aromatic N) is 2. The topological polar surface area (TPSA) is 110 Å². The van der Waals surface area contributed by atoms with Crippen LogP contribution >= 0.6 is 0 Å². The van der Waals surface area contributed by atoms with E-state index in [0.29, 0.717) is 48.8 Å². The third kappa shape index (κ3) is 9.03. The molecule has 0 aliphatic carbocycles. The molecule has 47 heavy (non-hydrogen) atoms. The highest BCUT2D eigenvalue weighted by Gasteiger charge is 2.30. The van der Waals surface area contributed by atoms with E-state index in [1.807, 2.05) is 38.1 Å². The van der Waals surface area contributed by atoms with Crippen molar-refractivity contribution in [2.45, 2.75) is 64.8 Å². The van der Waals surface area contributed by atoms with Crippen LogP contribution in [-0.2, 0) is 11.3 Å². The van der Waals surface area contributed by atoms with Crippen LogP contribution in [0.5, 0.6) is 17.2 Å². The number of amides is 2. The molecule has 2 aliphatic heterocycles. The van der Waals surface area contributed by atoms with Gasteiger partial charge >= 0.3 is 0 Å². The molecule has 3 aromatic carbocycles. The zero-order valence-corrected chi connectivity index (χ0v) is 27.8. The number of ether oxygens (including phenoxy) is 4. The van der Waals surface area contributed by atoms with Gasteiger partial charge in [-0.25, -0.2) is 0 Å². The van der Waals surface area contributed by atoms with Crippen molar-refractivity contribution in [2.24, 2.45) is 5.92 Å². The lowest BCUT2D eigenvalue weighted by atomic mass is 10.0. The highest BCUT2D eigenvalue weighted by Crippen LogP contribution is 2.33. The maximum absolute atomic E-state index is 14.4. The van der Waals surface area contributed by atoms with Gasteiger partial charge in [-0.2, -0.15) is 0 Å². The molecule has 0 fully saturated rings. The van der Waals surface area contributed by atoms with E-state index in [1.54, 1.807) is 47.4 Å². The molecule has 2 aliphatic rings. The first-order valence-electron chi connectivity index (χ1n) is 16.5. The van der Waals surface area contributed by atoms with E-state index in [0.717, 1.165) is 36.3 Å². The number of hydrogen-bond donors (Lipinski definition) is 2. The molecule has 10 nitrogen and oxygen atoms in total. The highest BCUT2D eigenvalue weighted by atomic mass is 16.7. The number of hydrogen-bond acceptors (Lipinski definition) is 8. The summed E-state index contributed by atoms with van der Waals surface area (Å²) in [5, 5.41) is 13.2. The van der Waals surface area contributed by atoms with Gasteiger partial charge in [0.2, 0.25) is 6.79 Å². The highest BCUT2D eigenvalue weighted by molar-refractivity contribution is 6.05. The van der Waals surface area contributed by atoms with Crippen LogP contribution in [0, 0.1) is 5.92 Å². The minimum atomic E-state index is -0.460. The number of rotatable bonds is 8. The molecule has 0 aromatic heterocycles. The molecular weight excluding hydrogens is 598 g/mol. The van der Waals surface area contributed by atoms with Gasteiger partial charge in [0.25, 0.3) is 11.8 Å². The zero-order chi connectivity index (χ0) is 33.3. The molecule has 2 heterocycles. The van der Waals surface area contributed by atoms with E-state index >= 15 is 0 Å². The third-order valence-corrected chi connectivity index (χ3v) is 8.73. The quantitative estimate of drug-likeness (QED) is 0.326. The zero-order valence-electron chi connectivity index (χ0n) is 27.8. The number of carbonyl (C=O) groups excluding carboxylic acids is 2. The Morgan fingerprint density at radius 3 is 2.57 bits per heavy atom. The molecule has 0 unspecified atom stereocenters. The molecule has 5 rings (SSSR count). The molecule has 0 saturated heterocycles. The van der Waals surface area contributed by atoms with Crippen LogP contribution in [0.15, 0.2) is 66.7 Å². The smallest absolute Gasteiger partial charge is 0.258 e. The first-order valence-corrected chi connectivity index (χ1v) is 16.5. The summed E-state index contributed by atoms with van der Waals surface area (Å²) in [6, 6.07) is 19.6. The van der Waals surface area contributed by atoms with Gasteiger partial charge in [-0.3, -0.25) is 14.5 Å². The van der Waals surface area contributed by atoms with Gasteiger partial charge in [-0.1, -0.05) is 31.2 Å². The van der Waals surface area contributed by atoms with Crippen molar-refractivity contribution in [3.63, 3.8) is 0 Å². The number of benzene rings is 3. The minimum absolute atomic E-state index is 0.0562. The molecule has 252 valence electrons. The Hall–Kier alpha value is -4.12. The van der Waals surface area contributed by atoms with Crippen molar-refractivity contribution in [1.82, 2.24) is 9.80 Å². The molecular formula is C37H47N3O7. The molecule has 0 spiro atoms. The van der Waals surface area contributed by atoms with Gasteiger partial charge in [0.1, 0.15) is 5.75 Å². The second-order valence-electron chi connectivity index (χ2n) is 12.7. The van der Waals surface area contributed by atoms with Gasteiger partial charge in [-0.05, 0) is 88.2 Å². The first kappa shape index (κ1) is 34.2. The summed E-state index contributed by atoms with van der Waals surface area (Å²) in [6.45, 7) is 8.26. The molecule has 2 N–H and O–H groups in total. The van der Waals surface area contributed by atoms with Crippen molar-refractivity contribution in [1.29, 1.82) is 0 Å². The summed E-state index contributed by atoms with van der Waals surface area (Å²) in [7, 11) is 2.06. The fourth-order valence-corrected chi connectivity index (χ4v) is 5.98. The van der Waals surface area contributed by atoms with Gasteiger partial charge in [0.05, 0.1) is 30.4 Å². The van der Waals surface area contributed by atoms with Crippen molar-refractivity contribution in [2.75, 3.05) is 45.5 Å². The van der Waals surface area contributed by atoms with E-state index in [2.05, 4.69) is 24.2 Å². The number of likely N-dealkylation sites (N-methyl/N-ethyl adjacent to an activating group) is 1. The number of fused-ring (bicyclic) bond motifs is 2. The minimum Gasteiger partial charge on any atom is -0.490 e. The summed E-state index contributed by atoms with van der Waals surface area (Å²) in [5.41, 5.74) is 2.45. The Labute approximate surface area is 277 Å². The number of carbonyl (C=O) groups is 2. The Balaban J connectivity index is 1.38. The van der Waals surface area contributed by atoms with Crippen LogP contribution in [0.25, 0.3) is 0 Å². The normalized spacial score (nSPS) is 21.0. The molecule has 0 saturated carbocycles. The molecule has 10 heteroatoms. The Bertz CT molecular complexity index is 1500. The van der Waals surface area contributed by atoms with Crippen molar-refractivity contribution >= 4 is 17.5 Å². The SMILES string of the molecule is C[C@@H]1CN([C@@H](C)CO)C(=O)c2cc(NC(=O)c3ccccc3)ccc2O[C@@H](C)CCCCO[C@@H]1CN(C)Cc1ccc2c(c1)OCO2. The first-order chi connectivity index (χ1) is 22.7. The average molecular weight is 646 g/mol. The average Bonchev–Trinajstić information content (AvgIpc) is 3.54. The van der Waals surface area contributed by atoms with Gasteiger partial charge in [-0.15, -0.1) is 0 Å². The van der Waals surface area contributed by atoms with Crippen LogP contribution in [0.1, 0.15) is 66.3 Å². The van der Waals surface area contributed by atoms with E-state index in [1.165, 1.54) is 0 Å². The Morgan fingerprint density at radius 1 is 1.02 bits per heavy atom. The molecule has 0 radical (unpaired) electrons. The van der Waals surface area contributed by atoms with E-state index in [4.69, 9.17) is 18.9 Å². The van der Waals surface area contributed by atoms with E-state index < -0.39 is 6.04 Å². The van der Waals surface area contributed by atoms with Crippen LogP contribution < -0.4 is 19.5 Å². The second-order valence-corrected chi connectivity index (χ2v) is 12.7. The summed E-state index contributed by atoms with van der Waals surface area (Å²) >= 11 is 0. The number of anilines is 1. The standard InChI is InChI=1S/C37H47N3O7/c1-25-20-40(26(2)23-41)37(43)31-19-30(38-36(42)29-11-6-5-7-12-29)14-16-32(31)47-27(3)10-8-9-17-44-35(25)22-39(4)21-28-13-15-33-34(18-28)46-24-45-33/h5-7,11-16,18-19,25-27,35,41H,8-10,17,20-24H2,1-4H3,(H,38,42)/t25-,26+,27+,35-/m1/s1. The fraction of sp³-hybridized carbons (Fsp3) is 0.459. The van der Waals surface area contributed by atoms with Crippen LogP contribution in [-0.4, -0.2) is 85.1 Å². The fourth-order valence-electron chi connectivity index (χ4n) is 5.98. The van der Waals surface area contributed by atoms with Crippen molar-refractivity contribution in [3.8, 4) is 17.2 Å². The maximum atomic E-state index is 14.4. The largest absolute Gasteiger partial charge is 0.490 e. The second kappa shape index (κ2) is 16.1. The van der Waals surface area contributed by atoms with Gasteiger partial charge < -0.3 is 34.3 Å². The molecule has 0 bridgehead atoms. The lowest BCUT2D eigenvalue weighted by molar-refractivity contribution is -0.0177. The van der Waals surface area contributed by atoms with E-state index in [9.17, 15) is 14.7 Å². The summed E-state index contributed by atoms with van der Waals surface area (Å²) < 4.78 is 23.9. The van der Waals surface area contributed by atoms with Crippen LogP contribution in [0.4, 0.5) is 5.69 Å². The Morgan fingerprint density at radius 2 is 1.79 bits per heavy atom. The van der Waals surface area contributed by atoms with Crippen LogP contribution in [0.2, 0.25) is 0 Å². The maximum Gasteiger partial charge on any atom is 0.258 e. The molecule has 2 amide bonds. The summed E-state index contributed by atoms with van der Waals surface area (Å²) in [5.74, 6) is 1.37. The lowest BCUT2D eigenvalue weighted by Gasteiger charge is -2.36. The van der Waals surface area contributed by atoms with Gasteiger partial charge in [0.15, 0.2) is 11.5 Å². The van der Waals surface area contributed by atoms with Gasteiger partial charge in [0, 0.05) is 43.4 Å². The number of nitrogens with one attached hydrogen (secondary N) is 1. The number of aliphatic hydroxyl groups is 1. The monoisotopic (exact) mass is 645 g/mol. The van der Waals surface area contributed by atoms with E-state index in [-0.39, 0.29) is 43.3 Å². The van der Waals surface area contributed by atoms with Crippen LogP contribution in [0.3, 0.4) is 0 Å². The lowest BCUT2D eigenvalue weighted by Crippen LogP contribution is -2.47. The predicted molar refractivity (Wildman–Crippen MR) is 180 cm³/mol. The third-order valence-electron chi connectivity index (χ3n) is 8.73. The summed E-state index contributed by atoms with van der Waals surface area (Å²) in [4.78, 5) is 31.2. The van der Waals surface area contributed by atoms with Crippen molar-refractivity contribution < 1.29 is 33.6 Å².